The Labute approximate surface area is 170 Å². The van der Waals surface area contributed by atoms with Gasteiger partial charge >= 0.3 is 0 Å². The van der Waals surface area contributed by atoms with Gasteiger partial charge in [0.25, 0.3) is 10.0 Å². The number of anilines is 2. The first-order chi connectivity index (χ1) is 14.0. The van der Waals surface area contributed by atoms with Gasteiger partial charge in [0.1, 0.15) is 0 Å². The first-order valence-electron chi connectivity index (χ1n) is 9.29. The molecular weight excluding hydrogens is 384 g/mol. The molecule has 0 radical (unpaired) electrons. The van der Waals surface area contributed by atoms with Gasteiger partial charge in [-0.1, -0.05) is 48.5 Å². The molecule has 5 nitrogen and oxygen atoms in total. The van der Waals surface area contributed by atoms with E-state index in [-0.39, 0.29) is 10.8 Å². The molecular formula is C23H20N2O3S. The third-order valence-electron chi connectivity index (χ3n) is 4.78. The maximum atomic E-state index is 13.0. The Kier molecular flexibility index (Phi) is 5.18. The van der Waals surface area contributed by atoms with Crippen LogP contribution in [-0.4, -0.2) is 20.9 Å². The van der Waals surface area contributed by atoms with E-state index < -0.39 is 10.0 Å². The highest BCUT2D eigenvalue weighted by Crippen LogP contribution is 2.32. The number of hydrogen-bond donors (Lipinski definition) is 1. The third-order valence-corrected chi connectivity index (χ3v) is 6.61. The molecule has 0 saturated heterocycles. The lowest BCUT2D eigenvalue weighted by Crippen LogP contribution is -2.29. The van der Waals surface area contributed by atoms with Crippen molar-refractivity contribution in [3.05, 3.63) is 96.1 Å². The molecule has 1 aliphatic heterocycles. The first-order valence-corrected chi connectivity index (χ1v) is 10.7. The summed E-state index contributed by atoms with van der Waals surface area (Å²) in [6.45, 7) is 0.435. The van der Waals surface area contributed by atoms with Crippen molar-refractivity contribution in [1.29, 1.82) is 0 Å². The van der Waals surface area contributed by atoms with Crippen LogP contribution in [0.4, 0.5) is 11.4 Å². The number of hydrogen-bond acceptors (Lipinski definition) is 3. The van der Waals surface area contributed by atoms with Crippen LogP contribution in [0.5, 0.6) is 0 Å². The zero-order valence-electron chi connectivity index (χ0n) is 15.7. The highest BCUT2D eigenvalue weighted by molar-refractivity contribution is 7.92. The van der Waals surface area contributed by atoms with Gasteiger partial charge < -0.3 is 5.32 Å². The second-order valence-corrected chi connectivity index (χ2v) is 8.58. The van der Waals surface area contributed by atoms with Crippen LogP contribution in [0.15, 0.2) is 89.8 Å². The van der Waals surface area contributed by atoms with Crippen LogP contribution in [0, 0.1) is 0 Å². The molecule has 29 heavy (non-hydrogen) atoms. The Morgan fingerprint density at radius 1 is 0.897 bits per heavy atom. The van der Waals surface area contributed by atoms with Gasteiger partial charge in [-0.3, -0.25) is 9.10 Å². The summed E-state index contributed by atoms with van der Waals surface area (Å²) in [5.41, 5.74) is 3.23. The fourth-order valence-electron chi connectivity index (χ4n) is 3.32. The SMILES string of the molecule is O=C(/C=C\c1ccccc1)Nc1ccc(S(=O)(=O)N2CCc3ccccc32)cc1. The summed E-state index contributed by atoms with van der Waals surface area (Å²) < 4.78 is 27.5. The number of benzene rings is 3. The summed E-state index contributed by atoms with van der Waals surface area (Å²) in [6.07, 6.45) is 3.87. The van der Waals surface area contributed by atoms with E-state index >= 15 is 0 Å². The highest BCUT2D eigenvalue weighted by Gasteiger charge is 2.30. The Hall–Kier alpha value is -3.38. The number of amides is 1. The molecule has 0 bridgehead atoms. The van der Waals surface area contributed by atoms with Gasteiger partial charge in [0.15, 0.2) is 0 Å². The van der Waals surface area contributed by atoms with E-state index in [1.165, 1.54) is 22.5 Å². The van der Waals surface area contributed by atoms with Crippen LogP contribution < -0.4 is 9.62 Å². The van der Waals surface area contributed by atoms with Crippen LogP contribution in [0.1, 0.15) is 11.1 Å². The molecule has 1 amide bonds. The Balaban J connectivity index is 1.47. The maximum Gasteiger partial charge on any atom is 0.264 e. The van der Waals surface area contributed by atoms with Crippen LogP contribution in [0.3, 0.4) is 0 Å². The molecule has 3 aromatic rings. The van der Waals surface area contributed by atoms with Crippen molar-refractivity contribution < 1.29 is 13.2 Å². The number of carbonyl (C=O) groups excluding carboxylic acids is 1. The standard InChI is InChI=1S/C23H20N2O3S/c26-23(15-10-18-6-2-1-3-7-18)24-20-11-13-21(14-12-20)29(27,28)25-17-16-19-8-4-5-9-22(19)25/h1-15H,16-17H2,(H,24,26)/b15-10-. The minimum atomic E-state index is -3.64. The average Bonchev–Trinajstić information content (AvgIpc) is 3.18. The normalized spacial score (nSPS) is 13.4. The van der Waals surface area contributed by atoms with Crippen molar-refractivity contribution in [2.45, 2.75) is 11.3 Å². The van der Waals surface area contributed by atoms with Gasteiger partial charge in [-0.25, -0.2) is 8.42 Å². The summed E-state index contributed by atoms with van der Waals surface area (Å²) in [7, 11) is -3.64. The molecule has 1 aliphatic rings. The zero-order chi connectivity index (χ0) is 20.3. The summed E-state index contributed by atoms with van der Waals surface area (Å²) in [5, 5.41) is 2.74. The van der Waals surface area contributed by atoms with Gasteiger partial charge in [-0.05, 0) is 54.0 Å². The number of rotatable bonds is 5. The van der Waals surface area contributed by atoms with Crippen molar-refractivity contribution >= 4 is 33.4 Å². The average molecular weight is 404 g/mol. The molecule has 0 aliphatic carbocycles. The summed E-state index contributed by atoms with van der Waals surface area (Å²) in [5.74, 6) is -0.280. The van der Waals surface area contributed by atoms with Gasteiger partial charge in [-0.15, -0.1) is 0 Å². The minimum Gasteiger partial charge on any atom is -0.323 e. The molecule has 0 unspecified atom stereocenters. The number of para-hydroxylation sites is 1. The Morgan fingerprint density at radius 2 is 1.59 bits per heavy atom. The molecule has 0 atom stereocenters. The fourth-order valence-corrected chi connectivity index (χ4v) is 4.82. The van der Waals surface area contributed by atoms with E-state index in [1.54, 1.807) is 18.2 Å². The van der Waals surface area contributed by atoms with Crippen LogP contribution >= 0.6 is 0 Å². The molecule has 3 aromatic carbocycles. The van der Waals surface area contributed by atoms with Crippen LogP contribution in [-0.2, 0) is 21.2 Å². The van der Waals surface area contributed by atoms with E-state index in [0.29, 0.717) is 18.7 Å². The lowest BCUT2D eigenvalue weighted by atomic mass is 10.2. The second-order valence-electron chi connectivity index (χ2n) is 6.71. The van der Waals surface area contributed by atoms with Crippen molar-refractivity contribution in [3.63, 3.8) is 0 Å². The van der Waals surface area contributed by atoms with Gasteiger partial charge in [0.2, 0.25) is 5.91 Å². The lowest BCUT2D eigenvalue weighted by Gasteiger charge is -2.19. The maximum absolute atomic E-state index is 13.0. The largest absolute Gasteiger partial charge is 0.323 e. The molecule has 0 fully saturated rings. The van der Waals surface area contributed by atoms with E-state index in [2.05, 4.69) is 5.32 Å². The predicted molar refractivity (Wildman–Crippen MR) is 115 cm³/mol. The van der Waals surface area contributed by atoms with Gasteiger partial charge in [-0.2, -0.15) is 0 Å². The molecule has 4 rings (SSSR count). The summed E-state index contributed by atoms with van der Waals surface area (Å²) >= 11 is 0. The first kappa shape index (κ1) is 19.0. The number of sulfonamides is 1. The number of nitrogens with one attached hydrogen (secondary N) is 1. The van der Waals surface area contributed by atoms with E-state index in [0.717, 1.165) is 16.8 Å². The molecule has 1 heterocycles. The lowest BCUT2D eigenvalue weighted by molar-refractivity contribution is -0.111. The quantitative estimate of drug-likeness (QED) is 0.652. The smallest absolute Gasteiger partial charge is 0.264 e. The molecule has 0 aromatic heterocycles. The van der Waals surface area contributed by atoms with Crippen molar-refractivity contribution in [2.24, 2.45) is 0 Å². The third kappa shape index (κ3) is 4.07. The minimum absolute atomic E-state index is 0.201. The van der Waals surface area contributed by atoms with E-state index in [4.69, 9.17) is 0 Å². The van der Waals surface area contributed by atoms with Gasteiger partial charge in [0.05, 0.1) is 10.6 Å². The monoisotopic (exact) mass is 404 g/mol. The van der Waals surface area contributed by atoms with Crippen LogP contribution in [0.2, 0.25) is 0 Å². The number of nitrogens with zero attached hydrogens (tertiary/aromatic N) is 1. The summed E-state index contributed by atoms with van der Waals surface area (Å²) in [6, 6.07) is 23.3. The Bertz CT molecular complexity index is 1150. The molecule has 0 saturated carbocycles. The number of carbonyl (C=O) groups is 1. The molecule has 1 N–H and O–H groups in total. The zero-order valence-corrected chi connectivity index (χ0v) is 16.5. The van der Waals surface area contributed by atoms with E-state index in [1.807, 2.05) is 54.6 Å². The van der Waals surface area contributed by atoms with Crippen LogP contribution in [0.25, 0.3) is 6.08 Å². The molecule has 146 valence electrons. The fraction of sp³-hybridized carbons (Fsp3) is 0.0870. The van der Waals surface area contributed by atoms with E-state index in [9.17, 15) is 13.2 Å². The number of fused-ring (bicyclic) bond motifs is 1. The van der Waals surface area contributed by atoms with Crippen molar-refractivity contribution in [3.8, 4) is 0 Å². The Morgan fingerprint density at radius 3 is 2.34 bits per heavy atom. The van der Waals surface area contributed by atoms with Gasteiger partial charge in [0, 0.05) is 18.3 Å². The highest BCUT2D eigenvalue weighted by atomic mass is 32.2. The second kappa shape index (κ2) is 7.93. The van der Waals surface area contributed by atoms with Crippen molar-refractivity contribution in [1.82, 2.24) is 0 Å². The van der Waals surface area contributed by atoms with Crippen molar-refractivity contribution in [2.75, 3.05) is 16.2 Å². The molecule has 0 spiro atoms. The molecule has 6 heteroatoms. The predicted octanol–water partition coefficient (Wildman–Crippen LogP) is 4.09. The summed E-state index contributed by atoms with van der Waals surface area (Å²) in [4.78, 5) is 12.3. The topological polar surface area (TPSA) is 66.5 Å².